The van der Waals surface area contributed by atoms with E-state index in [2.05, 4.69) is 22.3 Å². The number of esters is 1. The van der Waals surface area contributed by atoms with Crippen molar-refractivity contribution in [2.75, 3.05) is 27.9 Å². The summed E-state index contributed by atoms with van der Waals surface area (Å²) in [6.45, 7) is 4.27. The maximum atomic E-state index is 12.8. The van der Waals surface area contributed by atoms with E-state index in [1.807, 2.05) is 37.3 Å². The summed E-state index contributed by atoms with van der Waals surface area (Å²) >= 11 is 1.58. The van der Waals surface area contributed by atoms with Crippen molar-refractivity contribution in [3.8, 4) is 22.6 Å². The van der Waals surface area contributed by atoms with Gasteiger partial charge in [-0.2, -0.15) is 5.10 Å². The van der Waals surface area contributed by atoms with Crippen molar-refractivity contribution < 1.29 is 23.7 Å². The van der Waals surface area contributed by atoms with E-state index in [9.17, 15) is 4.79 Å². The lowest BCUT2D eigenvalue weighted by molar-refractivity contribution is 0.0516. The number of methoxy groups -OCH3 is 3. The summed E-state index contributed by atoms with van der Waals surface area (Å²) in [6.07, 6.45) is 0. The van der Waals surface area contributed by atoms with E-state index < -0.39 is 5.97 Å². The molecule has 4 rings (SSSR count). The number of ether oxygens (including phenoxy) is 4. The molecule has 0 amide bonds. The van der Waals surface area contributed by atoms with Crippen LogP contribution >= 0.6 is 11.8 Å². The van der Waals surface area contributed by atoms with Crippen LogP contribution in [-0.2, 0) is 21.8 Å². The van der Waals surface area contributed by atoms with Gasteiger partial charge in [-0.3, -0.25) is 0 Å². The zero-order valence-corrected chi connectivity index (χ0v) is 21.7. The highest BCUT2D eigenvalue weighted by Crippen LogP contribution is 2.36. The first-order chi connectivity index (χ1) is 17.5. The predicted octanol–water partition coefficient (Wildman–Crippen LogP) is 4.73. The first-order valence-electron chi connectivity index (χ1n) is 11.4. The lowest BCUT2D eigenvalue weighted by Crippen LogP contribution is -2.16. The van der Waals surface area contributed by atoms with E-state index in [0.717, 1.165) is 16.0 Å². The second-order valence-corrected chi connectivity index (χ2v) is 8.93. The van der Waals surface area contributed by atoms with Crippen molar-refractivity contribution in [3.05, 3.63) is 65.1 Å². The number of nitrogens with zero attached hydrogens (tertiary/aromatic N) is 4. The first kappa shape index (κ1) is 25.5. The van der Waals surface area contributed by atoms with E-state index in [0.29, 0.717) is 34.3 Å². The number of hydrogen-bond donors (Lipinski definition) is 0. The van der Waals surface area contributed by atoms with Gasteiger partial charge in [0.05, 0.1) is 44.4 Å². The Morgan fingerprint density at radius 3 is 2.42 bits per heavy atom. The summed E-state index contributed by atoms with van der Waals surface area (Å²) in [5.74, 6) is 1.08. The third kappa shape index (κ3) is 5.14. The molecule has 4 aromatic rings. The van der Waals surface area contributed by atoms with Crippen LogP contribution in [0.1, 0.15) is 34.4 Å². The Labute approximate surface area is 213 Å². The fourth-order valence-corrected chi connectivity index (χ4v) is 4.68. The minimum atomic E-state index is -0.539. The molecule has 36 heavy (non-hydrogen) atoms. The van der Waals surface area contributed by atoms with Crippen LogP contribution in [0.15, 0.2) is 47.4 Å². The summed E-state index contributed by atoms with van der Waals surface area (Å²) in [4.78, 5) is 13.8. The van der Waals surface area contributed by atoms with Crippen LogP contribution < -0.4 is 9.47 Å². The molecule has 0 radical (unpaired) electrons. The molecule has 2 aromatic heterocycles. The van der Waals surface area contributed by atoms with Crippen molar-refractivity contribution in [3.63, 3.8) is 0 Å². The molecule has 0 aliphatic rings. The standard InChI is InChI=1S/C26H28N4O5S/c1-6-35-26(31)24-20(15-36-18-10-7-16(2)8-11-18)30-25(28-27-24)23(19(29-30)14-32-3)17-9-12-21(33-4)22(13-17)34-5/h7-13H,6,14-15H2,1-5H3. The molecule has 2 heterocycles. The molecular weight excluding hydrogens is 480 g/mol. The number of carbonyl (C=O) groups excluding carboxylic acids is 1. The van der Waals surface area contributed by atoms with Crippen LogP contribution in [0.5, 0.6) is 11.5 Å². The number of rotatable bonds is 10. The van der Waals surface area contributed by atoms with Crippen LogP contribution in [0.4, 0.5) is 0 Å². The molecule has 0 bridgehead atoms. The van der Waals surface area contributed by atoms with Gasteiger partial charge in [-0.25, -0.2) is 9.31 Å². The predicted molar refractivity (Wildman–Crippen MR) is 137 cm³/mol. The summed E-state index contributed by atoms with van der Waals surface area (Å²) in [5.41, 5.74) is 4.61. The van der Waals surface area contributed by atoms with E-state index >= 15 is 0 Å². The van der Waals surface area contributed by atoms with E-state index in [4.69, 9.17) is 24.0 Å². The Hall–Kier alpha value is -3.63. The van der Waals surface area contributed by atoms with Crippen LogP contribution in [0.3, 0.4) is 0 Å². The first-order valence-corrected chi connectivity index (χ1v) is 12.3. The lowest BCUT2D eigenvalue weighted by Gasteiger charge is -2.11. The summed E-state index contributed by atoms with van der Waals surface area (Å²) < 4.78 is 23.3. The van der Waals surface area contributed by atoms with Crippen molar-refractivity contribution in [1.82, 2.24) is 19.8 Å². The summed E-state index contributed by atoms with van der Waals surface area (Å²) in [6, 6.07) is 13.8. The van der Waals surface area contributed by atoms with Gasteiger partial charge in [0.1, 0.15) is 0 Å². The molecule has 9 nitrogen and oxygen atoms in total. The Kier molecular flexibility index (Phi) is 8.07. The maximum absolute atomic E-state index is 12.8. The number of thioether (sulfide) groups is 1. The molecule has 0 saturated carbocycles. The lowest BCUT2D eigenvalue weighted by atomic mass is 10.1. The zero-order chi connectivity index (χ0) is 25.7. The monoisotopic (exact) mass is 508 g/mol. The average molecular weight is 509 g/mol. The second kappa shape index (κ2) is 11.4. The molecule has 0 atom stereocenters. The van der Waals surface area contributed by atoms with E-state index in [1.54, 1.807) is 44.5 Å². The van der Waals surface area contributed by atoms with Gasteiger partial charge in [-0.05, 0) is 43.7 Å². The molecule has 0 saturated heterocycles. The number of aryl methyl sites for hydroxylation is 1. The van der Waals surface area contributed by atoms with Crippen molar-refractivity contribution in [2.45, 2.75) is 31.1 Å². The number of hydrogen-bond acceptors (Lipinski definition) is 9. The van der Waals surface area contributed by atoms with Gasteiger partial charge < -0.3 is 18.9 Å². The minimum absolute atomic E-state index is 0.134. The number of benzene rings is 2. The van der Waals surface area contributed by atoms with Gasteiger partial charge in [-0.15, -0.1) is 22.0 Å². The number of carbonyl (C=O) groups is 1. The quantitative estimate of drug-likeness (QED) is 0.222. The van der Waals surface area contributed by atoms with Crippen molar-refractivity contribution in [1.29, 1.82) is 0 Å². The number of fused-ring (bicyclic) bond motifs is 1. The highest BCUT2D eigenvalue weighted by molar-refractivity contribution is 7.98. The molecule has 0 fully saturated rings. The van der Waals surface area contributed by atoms with Gasteiger partial charge in [0.25, 0.3) is 0 Å². The molecule has 0 aliphatic carbocycles. The Morgan fingerprint density at radius 2 is 1.75 bits per heavy atom. The molecule has 0 unspecified atom stereocenters. The summed E-state index contributed by atoms with van der Waals surface area (Å²) in [7, 11) is 4.77. The molecule has 0 aliphatic heterocycles. The topological polar surface area (TPSA) is 97.1 Å². The van der Waals surface area contributed by atoms with Crippen molar-refractivity contribution in [2.24, 2.45) is 0 Å². The second-order valence-electron chi connectivity index (χ2n) is 7.88. The Morgan fingerprint density at radius 1 is 1.00 bits per heavy atom. The van der Waals surface area contributed by atoms with Crippen LogP contribution in [0.2, 0.25) is 0 Å². The molecule has 10 heteroatoms. The zero-order valence-electron chi connectivity index (χ0n) is 20.9. The summed E-state index contributed by atoms with van der Waals surface area (Å²) in [5, 5.41) is 13.5. The number of aromatic nitrogens is 4. The van der Waals surface area contributed by atoms with Crippen LogP contribution in [0, 0.1) is 6.92 Å². The highest BCUT2D eigenvalue weighted by Gasteiger charge is 2.25. The largest absolute Gasteiger partial charge is 0.493 e. The average Bonchev–Trinajstić information content (AvgIpc) is 3.26. The van der Waals surface area contributed by atoms with Crippen LogP contribution in [0.25, 0.3) is 16.8 Å². The molecule has 0 spiro atoms. The van der Waals surface area contributed by atoms with Gasteiger partial charge in [0.2, 0.25) is 0 Å². The Balaban J connectivity index is 1.88. The van der Waals surface area contributed by atoms with Gasteiger partial charge in [-0.1, -0.05) is 23.8 Å². The molecular formula is C26H28N4O5S. The van der Waals surface area contributed by atoms with Crippen LogP contribution in [-0.4, -0.2) is 53.7 Å². The maximum Gasteiger partial charge on any atom is 0.360 e. The van der Waals surface area contributed by atoms with E-state index in [-0.39, 0.29) is 18.9 Å². The third-order valence-electron chi connectivity index (χ3n) is 5.53. The Bertz CT molecular complexity index is 1370. The van der Waals surface area contributed by atoms with Crippen molar-refractivity contribution >= 4 is 23.4 Å². The highest BCUT2D eigenvalue weighted by atomic mass is 32.2. The fraction of sp³-hybridized carbons (Fsp3) is 0.308. The SMILES string of the molecule is CCOC(=O)c1nnc2c(-c3ccc(OC)c(OC)c3)c(COC)nn2c1CSc1ccc(C)cc1. The minimum Gasteiger partial charge on any atom is -0.493 e. The fourth-order valence-electron chi connectivity index (χ4n) is 3.79. The molecule has 188 valence electrons. The molecule has 0 N–H and O–H groups in total. The van der Waals surface area contributed by atoms with Gasteiger partial charge in [0, 0.05) is 17.8 Å². The third-order valence-corrected chi connectivity index (χ3v) is 6.55. The normalized spacial score (nSPS) is 11.0. The van der Waals surface area contributed by atoms with E-state index in [1.165, 1.54) is 5.56 Å². The molecule has 2 aromatic carbocycles. The van der Waals surface area contributed by atoms with Gasteiger partial charge >= 0.3 is 5.97 Å². The van der Waals surface area contributed by atoms with Gasteiger partial charge in [0.15, 0.2) is 22.8 Å². The smallest absolute Gasteiger partial charge is 0.360 e.